The Kier molecular flexibility index (Phi) is 4.96. The number of carbonyl (C=O) groups is 1. The van der Waals surface area contributed by atoms with Gasteiger partial charge in [0.25, 0.3) is 5.91 Å². The average Bonchev–Trinajstić information content (AvgIpc) is 3.13. The number of pyridine rings is 1. The van der Waals surface area contributed by atoms with E-state index in [1.54, 1.807) is 6.07 Å². The number of ether oxygens (including phenoxy) is 1. The van der Waals surface area contributed by atoms with Crippen LogP contribution in [0.1, 0.15) is 40.2 Å². The highest BCUT2D eigenvalue weighted by molar-refractivity contribution is 6.04. The normalized spacial score (nSPS) is 13.6. The molecule has 0 bridgehead atoms. The van der Waals surface area contributed by atoms with E-state index < -0.39 is 11.7 Å². The molecular formula is C20H17F3N4O2. The van der Waals surface area contributed by atoms with E-state index in [9.17, 15) is 18.0 Å². The molecule has 0 saturated carbocycles. The van der Waals surface area contributed by atoms with Gasteiger partial charge in [0.2, 0.25) is 5.88 Å². The third-order valence-corrected chi connectivity index (χ3v) is 4.67. The molecule has 4 rings (SSSR count). The topological polar surface area (TPSA) is 79.9 Å². The summed E-state index contributed by atoms with van der Waals surface area (Å²) in [6.45, 7) is 0. The molecule has 0 spiro atoms. The number of aromatic amines is 1. The first-order valence-corrected chi connectivity index (χ1v) is 9.09. The highest BCUT2D eigenvalue weighted by atomic mass is 19.4. The number of hydrogen-bond acceptors (Lipinski definition) is 4. The molecule has 6 nitrogen and oxygen atoms in total. The Bertz CT molecular complexity index is 1010. The van der Waals surface area contributed by atoms with Crippen molar-refractivity contribution in [3.63, 3.8) is 0 Å². The molecule has 0 aliphatic heterocycles. The second-order valence-electron chi connectivity index (χ2n) is 6.70. The quantitative estimate of drug-likeness (QED) is 0.660. The van der Waals surface area contributed by atoms with Crippen molar-refractivity contribution in [2.45, 2.75) is 31.9 Å². The molecule has 3 aromatic rings. The smallest absolute Gasteiger partial charge is 0.416 e. The maximum Gasteiger partial charge on any atom is 0.416 e. The summed E-state index contributed by atoms with van der Waals surface area (Å²) in [5.74, 6) is 0.105. The number of anilines is 1. The predicted molar refractivity (Wildman–Crippen MR) is 98.9 cm³/mol. The van der Waals surface area contributed by atoms with Crippen molar-refractivity contribution in [2.24, 2.45) is 0 Å². The van der Waals surface area contributed by atoms with Gasteiger partial charge < -0.3 is 10.1 Å². The number of alkyl halides is 3. The molecule has 1 aliphatic carbocycles. The average molecular weight is 402 g/mol. The van der Waals surface area contributed by atoms with E-state index >= 15 is 0 Å². The summed E-state index contributed by atoms with van der Waals surface area (Å²) in [7, 11) is 0. The van der Waals surface area contributed by atoms with Crippen molar-refractivity contribution in [1.82, 2.24) is 15.2 Å². The largest absolute Gasteiger partial charge is 0.439 e. The summed E-state index contributed by atoms with van der Waals surface area (Å²) in [6.07, 6.45) is 0.853. The number of aromatic nitrogens is 3. The van der Waals surface area contributed by atoms with Crippen molar-refractivity contribution >= 4 is 11.6 Å². The Balaban J connectivity index is 1.40. The van der Waals surface area contributed by atoms with Gasteiger partial charge in [-0.2, -0.15) is 18.3 Å². The van der Waals surface area contributed by atoms with E-state index in [0.29, 0.717) is 11.4 Å². The summed E-state index contributed by atoms with van der Waals surface area (Å²) in [6, 6.07) is 7.45. The number of carbonyl (C=O) groups excluding carboxylic acids is 1. The highest BCUT2D eigenvalue weighted by Crippen LogP contribution is 2.31. The molecule has 9 heteroatoms. The number of amides is 1. The van der Waals surface area contributed by atoms with Crippen molar-refractivity contribution in [2.75, 3.05) is 5.32 Å². The van der Waals surface area contributed by atoms with Crippen LogP contribution in [0.5, 0.6) is 11.6 Å². The minimum Gasteiger partial charge on any atom is -0.439 e. The lowest BCUT2D eigenvalue weighted by Crippen LogP contribution is -2.15. The predicted octanol–water partition coefficient (Wildman–Crippen LogP) is 4.75. The van der Waals surface area contributed by atoms with Gasteiger partial charge in [0.15, 0.2) is 5.69 Å². The lowest BCUT2D eigenvalue weighted by atomic mass is 9.96. The van der Waals surface area contributed by atoms with E-state index in [4.69, 9.17) is 4.74 Å². The molecule has 0 radical (unpaired) electrons. The Morgan fingerprint density at radius 1 is 1.07 bits per heavy atom. The first kappa shape index (κ1) is 19.0. The SMILES string of the molecule is O=C(Nc1ccc(Oc2ccc(C(F)(F)F)cc2)nc1)c1n[nH]c2c1CCCC2. The molecule has 0 unspecified atom stereocenters. The number of aryl methyl sites for hydroxylation is 1. The van der Waals surface area contributed by atoms with Crippen molar-refractivity contribution in [3.8, 4) is 11.6 Å². The molecular weight excluding hydrogens is 385 g/mol. The van der Waals surface area contributed by atoms with Gasteiger partial charge in [0.1, 0.15) is 5.75 Å². The number of halogens is 3. The molecule has 0 fully saturated rings. The minimum atomic E-state index is -4.40. The van der Waals surface area contributed by atoms with E-state index in [-0.39, 0.29) is 17.5 Å². The first-order valence-electron chi connectivity index (χ1n) is 9.09. The highest BCUT2D eigenvalue weighted by Gasteiger charge is 2.30. The molecule has 29 heavy (non-hydrogen) atoms. The van der Waals surface area contributed by atoms with Crippen LogP contribution < -0.4 is 10.1 Å². The fourth-order valence-electron chi connectivity index (χ4n) is 3.21. The number of rotatable bonds is 4. The van der Waals surface area contributed by atoms with Gasteiger partial charge in [-0.3, -0.25) is 9.89 Å². The molecule has 1 aliphatic rings. The van der Waals surface area contributed by atoms with Crippen LogP contribution in [0.4, 0.5) is 18.9 Å². The fraction of sp³-hybridized carbons (Fsp3) is 0.250. The lowest BCUT2D eigenvalue weighted by molar-refractivity contribution is -0.137. The molecule has 0 atom stereocenters. The molecule has 150 valence electrons. The summed E-state index contributed by atoms with van der Waals surface area (Å²) in [5.41, 5.74) is 2.08. The Morgan fingerprint density at radius 2 is 1.83 bits per heavy atom. The number of fused-ring (bicyclic) bond motifs is 1. The van der Waals surface area contributed by atoms with Crippen LogP contribution in [0.25, 0.3) is 0 Å². The van der Waals surface area contributed by atoms with Gasteiger partial charge in [-0.25, -0.2) is 4.98 Å². The molecule has 1 aromatic carbocycles. The van der Waals surface area contributed by atoms with Gasteiger partial charge in [0.05, 0.1) is 17.4 Å². The number of hydrogen-bond donors (Lipinski definition) is 2. The van der Waals surface area contributed by atoms with E-state index in [1.807, 2.05) is 0 Å². The van der Waals surface area contributed by atoms with E-state index in [2.05, 4.69) is 20.5 Å². The van der Waals surface area contributed by atoms with Crippen LogP contribution in [0.15, 0.2) is 42.6 Å². The molecule has 2 N–H and O–H groups in total. The van der Waals surface area contributed by atoms with Crippen molar-refractivity contribution in [1.29, 1.82) is 0 Å². The second-order valence-corrected chi connectivity index (χ2v) is 6.70. The number of H-pyrrole nitrogens is 1. The molecule has 2 heterocycles. The summed E-state index contributed by atoms with van der Waals surface area (Å²) < 4.78 is 43.2. The standard InChI is InChI=1S/C20H17F3N4O2/c21-20(22,23)12-5-8-14(9-6-12)29-17-10-7-13(11-24-17)25-19(28)18-15-3-1-2-4-16(15)26-27-18/h5-11H,1-4H2,(H,25,28)(H,26,27). The molecule has 0 saturated heterocycles. The van der Waals surface area contributed by atoms with Gasteiger partial charge in [-0.1, -0.05) is 0 Å². The van der Waals surface area contributed by atoms with Crippen LogP contribution in [0, 0.1) is 0 Å². The van der Waals surface area contributed by atoms with Crippen LogP contribution in [-0.4, -0.2) is 21.1 Å². The Morgan fingerprint density at radius 3 is 2.52 bits per heavy atom. The molecule has 2 aromatic heterocycles. The summed E-state index contributed by atoms with van der Waals surface area (Å²) in [5, 5.41) is 9.80. The van der Waals surface area contributed by atoms with Crippen molar-refractivity contribution in [3.05, 3.63) is 65.1 Å². The van der Waals surface area contributed by atoms with Crippen LogP contribution in [-0.2, 0) is 19.0 Å². The second kappa shape index (κ2) is 7.57. The van der Waals surface area contributed by atoms with Crippen LogP contribution in [0.2, 0.25) is 0 Å². The van der Waals surface area contributed by atoms with Gasteiger partial charge >= 0.3 is 6.18 Å². The number of benzene rings is 1. The zero-order valence-electron chi connectivity index (χ0n) is 15.2. The number of nitrogens with one attached hydrogen (secondary N) is 2. The van der Waals surface area contributed by atoms with Crippen LogP contribution in [0.3, 0.4) is 0 Å². The van der Waals surface area contributed by atoms with Gasteiger partial charge in [0, 0.05) is 17.3 Å². The zero-order chi connectivity index (χ0) is 20.4. The Hall–Kier alpha value is -3.36. The Labute approximate surface area is 164 Å². The van der Waals surface area contributed by atoms with Crippen LogP contribution >= 0.6 is 0 Å². The lowest BCUT2D eigenvalue weighted by Gasteiger charge is -2.11. The minimum absolute atomic E-state index is 0.194. The van der Waals surface area contributed by atoms with Gasteiger partial charge in [-0.05, 0) is 56.0 Å². The third kappa shape index (κ3) is 4.23. The maximum atomic E-state index is 12.6. The molecule has 1 amide bonds. The fourth-order valence-corrected chi connectivity index (χ4v) is 3.21. The number of nitrogens with zero attached hydrogens (tertiary/aromatic N) is 2. The third-order valence-electron chi connectivity index (χ3n) is 4.67. The summed E-state index contributed by atoms with van der Waals surface area (Å²) in [4.78, 5) is 16.6. The zero-order valence-corrected chi connectivity index (χ0v) is 15.2. The summed E-state index contributed by atoms with van der Waals surface area (Å²) >= 11 is 0. The maximum absolute atomic E-state index is 12.6. The monoisotopic (exact) mass is 402 g/mol. The first-order chi connectivity index (χ1) is 13.9. The van der Waals surface area contributed by atoms with Crippen molar-refractivity contribution < 1.29 is 22.7 Å². The van der Waals surface area contributed by atoms with Gasteiger partial charge in [-0.15, -0.1) is 0 Å². The van der Waals surface area contributed by atoms with E-state index in [1.165, 1.54) is 24.4 Å². The van der Waals surface area contributed by atoms with E-state index in [0.717, 1.165) is 49.1 Å².